The summed E-state index contributed by atoms with van der Waals surface area (Å²) < 4.78 is 0. The molecule has 0 amide bonds. The highest BCUT2D eigenvalue weighted by molar-refractivity contribution is 7.00. The number of anilines is 6. The maximum atomic E-state index is 2.73. The van der Waals surface area contributed by atoms with Crippen LogP contribution in [0.25, 0.3) is 77.9 Å². The lowest BCUT2D eigenvalue weighted by atomic mass is 9.33. The first-order valence-electron chi connectivity index (χ1n) is 35.9. The fourth-order valence-corrected chi connectivity index (χ4v) is 15.2. The zero-order valence-corrected chi connectivity index (χ0v) is 61.8. The van der Waals surface area contributed by atoms with Gasteiger partial charge in [0.15, 0.2) is 0 Å². The lowest BCUT2D eigenvalue weighted by molar-refractivity contribution is 0.568. The predicted molar refractivity (Wildman–Crippen MR) is 431 cm³/mol. The minimum absolute atomic E-state index is 0.0753. The van der Waals surface area contributed by atoms with E-state index in [-0.39, 0.29) is 39.2 Å². The van der Waals surface area contributed by atoms with Crippen LogP contribution in [0.1, 0.15) is 158 Å². The van der Waals surface area contributed by atoms with Gasteiger partial charge in [-0.25, -0.2) is 0 Å². The van der Waals surface area contributed by atoms with Gasteiger partial charge in [-0.05, 0) is 162 Å². The third kappa shape index (κ3) is 12.5. The fraction of sp³-hybridized carbons (Fsp3) is 0.250. The molecule has 12 aromatic carbocycles. The van der Waals surface area contributed by atoms with E-state index >= 15 is 0 Å². The molecular formula is C96H97BN2. The molecule has 0 saturated carbocycles. The first-order valence-corrected chi connectivity index (χ1v) is 35.9. The van der Waals surface area contributed by atoms with Crippen LogP contribution in [0.2, 0.25) is 0 Å². The van der Waals surface area contributed by atoms with Crippen LogP contribution in [0, 0.1) is 0 Å². The van der Waals surface area contributed by atoms with E-state index < -0.39 is 0 Å². The summed E-state index contributed by atoms with van der Waals surface area (Å²) in [4.78, 5) is 5.46. The summed E-state index contributed by atoms with van der Waals surface area (Å²) in [6.45, 7) is 42.3. The molecule has 2 aliphatic rings. The maximum Gasteiger partial charge on any atom is 0.252 e. The number of benzene rings is 12. The quantitative estimate of drug-likeness (QED) is 0.133. The van der Waals surface area contributed by atoms with Gasteiger partial charge in [-0.1, -0.05) is 361 Å². The SMILES string of the molecule is CC(C)(C)c1cc(-c2ccc3c(c2)N(c2c(-c4ccccc4)cccc2-c2ccccc2)c2cc(-c4ccc(C(C)(C)C)cc4C(C)(C)C)cc4c2B3c2ccc(-c3cc(C(C)(C)C)cc(C(C)(C)C)c3)cc2N4c2c(-c3ccccc3)cccc2-c2ccccc2)cc(C(C)(C)C)c1. The number of nitrogens with zero attached hydrogens (tertiary/aromatic N) is 2. The molecule has 0 unspecified atom stereocenters. The van der Waals surface area contributed by atoms with Crippen LogP contribution in [-0.2, 0) is 32.5 Å². The van der Waals surface area contributed by atoms with E-state index in [2.05, 4.69) is 395 Å². The molecule has 0 atom stereocenters. The third-order valence-electron chi connectivity index (χ3n) is 20.9. The first kappa shape index (κ1) is 66.5. The molecule has 0 N–H and O–H groups in total. The molecule has 0 saturated heterocycles. The molecule has 0 spiro atoms. The summed E-state index contributed by atoms with van der Waals surface area (Å²) in [5.74, 6) is 0. The Morgan fingerprint density at radius 2 is 0.525 bits per heavy atom. The second-order valence-corrected chi connectivity index (χ2v) is 34.3. The van der Waals surface area contributed by atoms with Crippen molar-refractivity contribution < 1.29 is 0 Å². The van der Waals surface area contributed by atoms with E-state index in [1.807, 2.05) is 0 Å². The van der Waals surface area contributed by atoms with Gasteiger partial charge in [0.2, 0.25) is 0 Å². The summed E-state index contributed by atoms with van der Waals surface area (Å²) in [6, 6.07) is 101. The minimum Gasteiger partial charge on any atom is -0.310 e. The molecule has 2 heterocycles. The minimum atomic E-state index is -0.226. The summed E-state index contributed by atoms with van der Waals surface area (Å²) in [5.41, 5.74) is 34.5. The number of para-hydroxylation sites is 2. The van der Waals surface area contributed by atoms with E-state index in [0.29, 0.717) is 0 Å². The molecule has 0 radical (unpaired) electrons. The van der Waals surface area contributed by atoms with E-state index in [0.717, 1.165) is 78.6 Å². The van der Waals surface area contributed by atoms with Crippen molar-refractivity contribution in [3.63, 3.8) is 0 Å². The second kappa shape index (κ2) is 24.6. The highest BCUT2D eigenvalue weighted by Gasteiger charge is 2.46. The number of hydrogen-bond acceptors (Lipinski definition) is 2. The molecular weight excluding hydrogens is 1190 g/mol. The average Bonchev–Trinajstić information content (AvgIpc) is 0.687. The zero-order chi connectivity index (χ0) is 69.9. The van der Waals surface area contributed by atoms with Crippen molar-refractivity contribution in [1.29, 1.82) is 0 Å². The van der Waals surface area contributed by atoms with Crippen LogP contribution in [-0.4, -0.2) is 6.71 Å². The van der Waals surface area contributed by atoms with Crippen molar-refractivity contribution in [2.45, 2.75) is 157 Å². The first-order chi connectivity index (χ1) is 46.9. The van der Waals surface area contributed by atoms with Crippen molar-refractivity contribution in [2.75, 3.05) is 9.80 Å². The van der Waals surface area contributed by atoms with Gasteiger partial charge in [-0.15, -0.1) is 0 Å². The summed E-state index contributed by atoms with van der Waals surface area (Å²) in [5, 5.41) is 0. The normalized spacial score (nSPS) is 13.3. The molecule has 14 rings (SSSR count). The van der Waals surface area contributed by atoms with E-state index in [9.17, 15) is 0 Å². The molecule has 0 aromatic heterocycles. The Hall–Kier alpha value is -9.70. The highest BCUT2D eigenvalue weighted by atomic mass is 15.2. The number of rotatable bonds is 9. The highest BCUT2D eigenvalue weighted by Crippen LogP contribution is 2.55. The molecule has 494 valence electrons. The molecule has 0 aliphatic carbocycles. The fourth-order valence-electron chi connectivity index (χ4n) is 15.2. The number of hydrogen-bond donors (Lipinski definition) is 0. The van der Waals surface area contributed by atoms with E-state index in [1.165, 1.54) is 83.1 Å². The Morgan fingerprint density at radius 3 is 0.828 bits per heavy atom. The monoisotopic (exact) mass is 1290 g/mol. The molecule has 3 heteroatoms. The smallest absolute Gasteiger partial charge is 0.252 e. The zero-order valence-electron chi connectivity index (χ0n) is 61.8. The van der Waals surface area contributed by atoms with Gasteiger partial charge in [-0.2, -0.15) is 0 Å². The second-order valence-electron chi connectivity index (χ2n) is 34.3. The van der Waals surface area contributed by atoms with E-state index in [4.69, 9.17) is 0 Å². The molecule has 2 nitrogen and oxygen atoms in total. The Morgan fingerprint density at radius 1 is 0.212 bits per heavy atom. The third-order valence-corrected chi connectivity index (χ3v) is 20.9. The molecule has 0 bridgehead atoms. The largest absolute Gasteiger partial charge is 0.310 e. The van der Waals surface area contributed by atoms with Crippen molar-refractivity contribution >= 4 is 57.2 Å². The Bertz CT molecular complexity index is 4590. The van der Waals surface area contributed by atoms with Crippen LogP contribution in [0.15, 0.2) is 261 Å². The van der Waals surface area contributed by atoms with Gasteiger partial charge in [-0.3, -0.25) is 0 Å². The van der Waals surface area contributed by atoms with Gasteiger partial charge < -0.3 is 9.80 Å². The number of fused-ring (bicyclic) bond motifs is 4. The van der Waals surface area contributed by atoms with Gasteiger partial charge in [0.25, 0.3) is 6.71 Å². The standard InChI is InChI=1S/C96H97BN2/c1-91(2,3)71-47-48-76(81(61-71)96(16,17)18)70-57-86-88-87(58-70)99(90-79(64-37-27-21-28-38-64)43-32-44-80(90)65-39-29-22-30-40-65)85-56-67(69-53-74(94(10,11)12)60-75(54-69)95(13,14)15)46-50-83(85)97(88)82-49-45-66(68-51-72(92(4,5)6)59-73(52-68)93(7,8)9)55-84(82)98(86)89-77(62-33-23-19-24-34-62)41-31-42-78(89)63-35-25-20-26-36-63/h19-61H,1-18H3. The Labute approximate surface area is 592 Å². The molecule has 0 fully saturated rings. The molecule has 2 aliphatic heterocycles. The van der Waals surface area contributed by atoms with Crippen LogP contribution in [0.4, 0.5) is 34.1 Å². The van der Waals surface area contributed by atoms with Crippen LogP contribution in [0.5, 0.6) is 0 Å². The molecule has 99 heavy (non-hydrogen) atoms. The lowest BCUT2D eigenvalue weighted by Crippen LogP contribution is -2.61. The van der Waals surface area contributed by atoms with Crippen LogP contribution < -0.4 is 26.2 Å². The Kier molecular flexibility index (Phi) is 16.6. The Balaban J connectivity index is 1.21. The van der Waals surface area contributed by atoms with Gasteiger partial charge in [0, 0.05) is 45.0 Å². The average molecular weight is 1290 g/mol. The van der Waals surface area contributed by atoms with Gasteiger partial charge in [0.1, 0.15) is 0 Å². The van der Waals surface area contributed by atoms with Crippen molar-refractivity contribution in [2.24, 2.45) is 0 Å². The van der Waals surface area contributed by atoms with Crippen LogP contribution >= 0.6 is 0 Å². The topological polar surface area (TPSA) is 6.48 Å². The summed E-state index contributed by atoms with van der Waals surface area (Å²) in [6.07, 6.45) is 0. The van der Waals surface area contributed by atoms with E-state index in [1.54, 1.807) is 0 Å². The summed E-state index contributed by atoms with van der Waals surface area (Å²) >= 11 is 0. The van der Waals surface area contributed by atoms with Crippen molar-refractivity contribution in [3.05, 3.63) is 294 Å². The predicted octanol–water partition coefficient (Wildman–Crippen LogP) is 25.2. The maximum absolute atomic E-state index is 2.73. The lowest BCUT2D eigenvalue weighted by Gasteiger charge is -2.46. The summed E-state index contributed by atoms with van der Waals surface area (Å²) in [7, 11) is 0. The van der Waals surface area contributed by atoms with Crippen LogP contribution in [0.3, 0.4) is 0 Å². The van der Waals surface area contributed by atoms with Crippen molar-refractivity contribution in [1.82, 2.24) is 0 Å². The van der Waals surface area contributed by atoms with Gasteiger partial charge >= 0.3 is 0 Å². The van der Waals surface area contributed by atoms with Gasteiger partial charge in [0.05, 0.1) is 11.4 Å². The molecule has 12 aromatic rings. The van der Waals surface area contributed by atoms with Crippen molar-refractivity contribution in [3.8, 4) is 77.9 Å².